The number of fused-ring (bicyclic) bond motifs is 1. The summed E-state index contributed by atoms with van der Waals surface area (Å²) >= 11 is 0. The van der Waals surface area contributed by atoms with Crippen LogP contribution < -0.4 is 0 Å². The van der Waals surface area contributed by atoms with Gasteiger partial charge in [0.2, 0.25) is 0 Å². The summed E-state index contributed by atoms with van der Waals surface area (Å²) in [4.78, 5) is 0. The maximum absolute atomic E-state index is 5.79. The predicted octanol–water partition coefficient (Wildman–Crippen LogP) is 3.57. The van der Waals surface area contributed by atoms with Crippen molar-refractivity contribution in [2.75, 3.05) is 0 Å². The molecule has 72 valence electrons. The molecule has 0 amide bonds. The molecule has 1 nitrogen and oxygen atoms in total. The lowest BCUT2D eigenvalue weighted by Crippen LogP contribution is -2.10. The molecule has 13 heavy (non-hydrogen) atoms. The first kappa shape index (κ1) is 8.86. The molecular weight excluding hydrogens is 160 g/mol. The molecule has 0 aromatic heterocycles. The molecule has 1 aliphatic heterocycles. The lowest BCUT2D eigenvalue weighted by atomic mass is 9.90. The molecule has 0 aromatic carbocycles. The smallest absolute Gasteiger partial charge is 0.169 e. The van der Waals surface area contributed by atoms with E-state index in [1.54, 1.807) is 0 Å². The van der Waals surface area contributed by atoms with Gasteiger partial charge in [0.25, 0.3) is 0 Å². The second-order valence-electron chi connectivity index (χ2n) is 4.06. The van der Waals surface area contributed by atoms with Crippen molar-refractivity contribution in [1.82, 2.24) is 0 Å². The van der Waals surface area contributed by atoms with Gasteiger partial charge in [-0.15, -0.1) is 0 Å². The monoisotopic (exact) mass is 178 g/mol. The predicted molar refractivity (Wildman–Crippen MR) is 54.4 cm³/mol. The molecule has 0 spiro atoms. The van der Waals surface area contributed by atoms with Crippen molar-refractivity contribution in [2.24, 2.45) is 0 Å². The number of hydrogen-bond donors (Lipinski definition) is 0. The Kier molecular flexibility index (Phi) is 2.19. The maximum atomic E-state index is 5.79. The van der Waals surface area contributed by atoms with Crippen LogP contribution >= 0.6 is 0 Å². The molecule has 0 N–H and O–H groups in total. The van der Waals surface area contributed by atoms with Gasteiger partial charge in [0.05, 0.1) is 0 Å². The van der Waals surface area contributed by atoms with Crippen molar-refractivity contribution in [1.29, 1.82) is 0 Å². The van der Waals surface area contributed by atoms with Crippen LogP contribution in [0, 0.1) is 0 Å². The van der Waals surface area contributed by atoms with E-state index in [1.165, 1.54) is 37.0 Å². The third-order valence-corrected chi connectivity index (χ3v) is 2.90. The van der Waals surface area contributed by atoms with Crippen LogP contribution in [0.15, 0.2) is 23.5 Å². The molecule has 0 bridgehead atoms. The second kappa shape index (κ2) is 3.21. The quantitative estimate of drug-likeness (QED) is 0.599. The highest BCUT2D eigenvalue weighted by atomic mass is 16.6. The van der Waals surface area contributed by atoms with Gasteiger partial charge in [-0.2, -0.15) is 0 Å². The van der Waals surface area contributed by atoms with E-state index in [-0.39, 0.29) is 5.60 Å². The van der Waals surface area contributed by atoms with Gasteiger partial charge >= 0.3 is 0 Å². The van der Waals surface area contributed by atoms with Crippen molar-refractivity contribution in [2.45, 2.75) is 51.6 Å². The summed E-state index contributed by atoms with van der Waals surface area (Å²) in [6.07, 6.45) is 10.4. The minimum atomic E-state index is 0.161. The zero-order chi connectivity index (χ0) is 9.31. The average molecular weight is 178 g/mol. The molecule has 1 atom stereocenters. The third kappa shape index (κ3) is 1.41. The fourth-order valence-electron chi connectivity index (χ4n) is 2.27. The van der Waals surface area contributed by atoms with Crippen molar-refractivity contribution in [3.63, 3.8) is 0 Å². The van der Waals surface area contributed by atoms with E-state index in [0.717, 1.165) is 6.42 Å². The summed E-state index contributed by atoms with van der Waals surface area (Å²) in [5.41, 5.74) is 1.61. The third-order valence-electron chi connectivity index (χ3n) is 2.90. The van der Waals surface area contributed by atoms with Crippen molar-refractivity contribution in [3.8, 4) is 0 Å². The van der Waals surface area contributed by atoms with Gasteiger partial charge in [0.1, 0.15) is 5.76 Å². The first-order chi connectivity index (χ1) is 6.32. The highest BCUT2D eigenvalue weighted by Crippen LogP contribution is 2.52. The molecule has 2 aliphatic rings. The topological polar surface area (TPSA) is 12.5 Å². The summed E-state index contributed by atoms with van der Waals surface area (Å²) in [7, 11) is 0. The standard InChI is InChI=1S/C12H18O/c1-3-6-10-7-5-9-12(8-4-2)11(10)13-12/h5,7H,3-4,6,8-9H2,1-2H3. The number of epoxide rings is 1. The fraction of sp³-hybridized carbons (Fsp3) is 0.667. The average Bonchev–Trinajstić information content (AvgIpc) is 2.81. The summed E-state index contributed by atoms with van der Waals surface area (Å²) < 4.78 is 5.79. The van der Waals surface area contributed by atoms with E-state index in [1.807, 2.05) is 0 Å². The molecule has 1 heterocycles. The fourth-order valence-corrected chi connectivity index (χ4v) is 2.27. The Morgan fingerprint density at radius 3 is 2.92 bits per heavy atom. The van der Waals surface area contributed by atoms with E-state index in [2.05, 4.69) is 26.0 Å². The zero-order valence-corrected chi connectivity index (χ0v) is 8.60. The molecule has 0 radical (unpaired) electrons. The van der Waals surface area contributed by atoms with E-state index in [9.17, 15) is 0 Å². The molecule has 0 aromatic rings. The molecule has 1 unspecified atom stereocenters. The molecule has 2 rings (SSSR count). The van der Waals surface area contributed by atoms with Gasteiger partial charge < -0.3 is 4.74 Å². The van der Waals surface area contributed by atoms with Crippen LogP contribution in [-0.4, -0.2) is 5.60 Å². The van der Waals surface area contributed by atoms with Crippen LogP contribution in [0.2, 0.25) is 0 Å². The first-order valence-electron chi connectivity index (χ1n) is 5.41. The Labute approximate surface area is 80.5 Å². The SMILES string of the molecule is CCCC1=C2OC2(CCC)CC=C1. The molecule has 1 fully saturated rings. The Hall–Kier alpha value is -0.720. The summed E-state index contributed by atoms with van der Waals surface area (Å²) in [5, 5.41) is 0. The van der Waals surface area contributed by atoms with Crippen LogP contribution in [0.25, 0.3) is 0 Å². The number of allylic oxidation sites excluding steroid dienone is 2. The van der Waals surface area contributed by atoms with Gasteiger partial charge in [0.15, 0.2) is 5.60 Å². The lowest BCUT2D eigenvalue weighted by Gasteiger charge is -2.08. The Bertz CT molecular complexity index is 262. The summed E-state index contributed by atoms with van der Waals surface area (Å²) in [6.45, 7) is 4.45. The molecule has 1 aliphatic carbocycles. The maximum Gasteiger partial charge on any atom is 0.169 e. The zero-order valence-electron chi connectivity index (χ0n) is 8.60. The van der Waals surface area contributed by atoms with Crippen LogP contribution in [0.5, 0.6) is 0 Å². The Morgan fingerprint density at radius 1 is 1.38 bits per heavy atom. The number of hydrogen-bond acceptors (Lipinski definition) is 1. The van der Waals surface area contributed by atoms with E-state index < -0.39 is 0 Å². The second-order valence-corrected chi connectivity index (χ2v) is 4.06. The van der Waals surface area contributed by atoms with E-state index in [0.29, 0.717) is 0 Å². The lowest BCUT2D eigenvalue weighted by molar-refractivity contribution is 0.293. The minimum absolute atomic E-state index is 0.161. The van der Waals surface area contributed by atoms with Gasteiger partial charge in [0, 0.05) is 6.42 Å². The Balaban J connectivity index is 2.11. The molecule has 1 heteroatoms. The van der Waals surface area contributed by atoms with Gasteiger partial charge in [-0.1, -0.05) is 38.8 Å². The highest BCUT2D eigenvalue weighted by molar-refractivity contribution is 5.41. The normalized spacial score (nSPS) is 30.0. The molecule has 1 saturated heterocycles. The van der Waals surface area contributed by atoms with Crippen molar-refractivity contribution >= 4 is 0 Å². The van der Waals surface area contributed by atoms with Crippen LogP contribution in [0.3, 0.4) is 0 Å². The van der Waals surface area contributed by atoms with Crippen molar-refractivity contribution < 1.29 is 4.74 Å². The highest BCUT2D eigenvalue weighted by Gasteiger charge is 2.53. The van der Waals surface area contributed by atoms with Gasteiger partial charge in [-0.25, -0.2) is 0 Å². The van der Waals surface area contributed by atoms with Crippen LogP contribution in [0.4, 0.5) is 0 Å². The van der Waals surface area contributed by atoms with Crippen LogP contribution in [0.1, 0.15) is 46.0 Å². The van der Waals surface area contributed by atoms with Gasteiger partial charge in [-0.3, -0.25) is 0 Å². The van der Waals surface area contributed by atoms with E-state index in [4.69, 9.17) is 4.74 Å². The molecule has 0 saturated carbocycles. The number of rotatable bonds is 4. The minimum Gasteiger partial charge on any atom is -0.479 e. The largest absolute Gasteiger partial charge is 0.479 e. The first-order valence-corrected chi connectivity index (χ1v) is 5.41. The summed E-state index contributed by atoms with van der Waals surface area (Å²) in [6, 6.07) is 0. The van der Waals surface area contributed by atoms with Gasteiger partial charge in [-0.05, 0) is 18.4 Å². The summed E-state index contributed by atoms with van der Waals surface area (Å²) in [5.74, 6) is 1.30. The van der Waals surface area contributed by atoms with Crippen molar-refractivity contribution in [3.05, 3.63) is 23.5 Å². The Morgan fingerprint density at radius 2 is 2.23 bits per heavy atom. The number of ether oxygens (including phenoxy) is 1. The molecular formula is C12H18O. The van der Waals surface area contributed by atoms with E-state index >= 15 is 0 Å². The van der Waals surface area contributed by atoms with Crippen LogP contribution in [-0.2, 0) is 4.74 Å².